The van der Waals surface area contributed by atoms with Crippen molar-refractivity contribution in [3.8, 4) is 0 Å². The van der Waals surface area contributed by atoms with Crippen LogP contribution in [0.5, 0.6) is 0 Å². The predicted molar refractivity (Wildman–Crippen MR) is 87.9 cm³/mol. The van der Waals surface area contributed by atoms with E-state index >= 15 is 0 Å². The molecule has 0 bridgehead atoms. The second-order valence-corrected chi connectivity index (χ2v) is 6.40. The number of rotatable bonds is 5. The Balaban J connectivity index is 1.86. The van der Waals surface area contributed by atoms with Gasteiger partial charge in [-0.1, -0.05) is 6.07 Å². The molecule has 1 aliphatic rings. The van der Waals surface area contributed by atoms with Gasteiger partial charge < -0.3 is 15.1 Å². The number of amides is 1. The summed E-state index contributed by atoms with van der Waals surface area (Å²) in [6.07, 6.45) is 1.18. The normalized spacial score (nSPS) is 19.0. The molecule has 1 atom stereocenters. The van der Waals surface area contributed by atoms with Crippen LogP contribution in [0.15, 0.2) is 24.3 Å². The van der Waals surface area contributed by atoms with Crippen LogP contribution in [0.4, 0.5) is 5.69 Å². The average Bonchev–Trinajstić information content (AvgIpc) is 2.94. The molecule has 0 saturated carbocycles. The van der Waals surface area contributed by atoms with Crippen LogP contribution in [0, 0.1) is 5.92 Å². The van der Waals surface area contributed by atoms with Gasteiger partial charge in [0.15, 0.2) is 0 Å². The molecular weight excluding hydrogens is 262 g/mol. The Morgan fingerprint density at radius 3 is 2.81 bits per heavy atom. The first-order valence-corrected chi connectivity index (χ1v) is 7.77. The fourth-order valence-electron chi connectivity index (χ4n) is 2.76. The smallest absolute Gasteiger partial charge is 0.251 e. The summed E-state index contributed by atoms with van der Waals surface area (Å²) in [4.78, 5) is 16.7. The lowest BCUT2D eigenvalue weighted by molar-refractivity contribution is 0.0947. The lowest BCUT2D eigenvalue weighted by Crippen LogP contribution is -2.33. The number of hydrogen-bond donors (Lipinski definition) is 1. The molecule has 1 N–H and O–H groups in total. The fourth-order valence-corrected chi connectivity index (χ4v) is 2.76. The molecule has 1 amide bonds. The first-order chi connectivity index (χ1) is 9.97. The summed E-state index contributed by atoms with van der Waals surface area (Å²) in [7, 11) is 3.96. The van der Waals surface area contributed by atoms with Crippen molar-refractivity contribution in [1.82, 2.24) is 10.2 Å². The van der Waals surface area contributed by atoms with Crippen LogP contribution in [-0.2, 0) is 0 Å². The van der Waals surface area contributed by atoms with Gasteiger partial charge in [-0.3, -0.25) is 4.79 Å². The Hall–Kier alpha value is -1.55. The molecule has 0 aliphatic carbocycles. The third-order valence-corrected chi connectivity index (χ3v) is 4.22. The summed E-state index contributed by atoms with van der Waals surface area (Å²) in [5.41, 5.74) is 1.79. The van der Waals surface area contributed by atoms with Crippen molar-refractivity contribution in [2.75, 3.05) is 38.6 Å². The molecular formula is C17H27N3O. The first kappa shape index (κ1) is 15.8. The Bertz CT molecular complexity index is 485. The van der Waals surface area contributed by atoms with Crippen LogP contribution in [0.3, 0.4) is 0 Å². The molecule has 0 unspecified atom stereocenters. The highest BCUT2D eigenvalue weighted by Gasteiger charge is 2.24. The molecule has 0 aromatic heterocycles. The molecule has 21 heavy (non-hydrogen) atoms. The SMILES string of the molecule is CC(C)N1CC[C@@H](CNC(=O)c2cccc(N(C)C)c2)C1. The van der Waals surface area contributed by atoms with Gasteiger partial charge in [-0.2, -0.15) is 0 Å². The van der Waals surface area contributed by atoms with E-state index in [1.807, 2.05) is 43.3 Å². The molecule has 2 rings (SSSR count). The molecule has 1 fully saturated rings. The summed E-state index contributed by atoms with van der Waals surface area (Å²) < 4.78 is 0. The van der Waals surface area contributed by atoms with E-state index in [9.17, 15) is 4.79 Å². The van der Waals surface area contributed by atoms with E-state index in [0.717, 1.165) is 30.9 Å². The number of nitrogens with one attached hydrogen (secondary N) is 1. The van der Waals surface area contributed by atoms with Gasteiger partial charge in [0.05, 0.1) is 0 Å². The molecule has 1 heterocycles. The first-order valence-electron chi connectivity index (χ1n) is 7.77. The van der Waals surface area contributed by atoms with Gasteiger partial charge in [0.2, 0.25) is 0 Å². The molecule has 0 spiro atoms. The summed E-state index contributed by atoms with van der Waals surface area (Å²) >= 11 is 0. The van der Waals surface area contributed by atoms with Gasteiger partial charge in [-0.25, -0.2) is 0 Å². The lowest BCUT2D eigenvalue weighted by Gasteiger charge is -2.20. The molecule has 1 aromatic carbocycles. The number of benzene rings is 1. The largest absolute Gasteiger partial charge is 0.378 e. The van der Waals surface area contributed by atoms with E-state index in [0.29, 0.717) is 12.0 Å². The van der Waals surface area contributed by atoms with Gasteiger partial charge in [-0.15, -0.1) is 0 Å². The van der Waals surface area contributed by atoms with Crippen molar-refractivity contribution in [2.24, 2.45) is 5.92 Å². The second kappa shape index (κ2) is 6.94. The molecule has 4 heteroatoms. The Morgan fingerprint density at radius 2 is 2.19 bits per heavy atom. The van der Waals surface area contributed by atoms with Crippen molar-refractivity contribution in [3.63, 3.8) is 0 Å². The minimum atomic E-state index is 0.0293. The minimum absolute atomic E-state index is 0.0293. The highest BCUT2D eigenvalue weighted by atomic mass is 16.1. The van der Waals surface area contributed by atoms with Crippen molar-refractivity contribution in [1.29, 1.82) is 0 Å². The molecule has 1 aromatic rings. The van der Waals surface area contributed by atoms with E-state index in [1.54, 1.807) is 0 Å². The Labute approximate surface area is 128 Å². The maximum atomic E-state index is 12.2. The Morgan fingerprint density at radius 1 is 1.43 bits per heavy atom. The van der Waals surface area contributed by atoms with E-state index in [1.165, 1.54) is 6.42 Å². The van der Waals surface area contributed by atoms with Crippen molar-refractivity contribution in [2.45, 2.75) is 26.3 Å². The third-order valence-electron chi connectivity index (χ3n) is 4.22. The summed E-state index contributed by atoms with van der Waals surface area (Å²) in [5, 5.41) is 3.08. The van der Waals surface area contributed by atoms with Gasteiger partial charge in [-0.05, 0) is 50.9 Å². The number of anilines is 1. The average molecular weight is 289 g/mol. The topological polar surface area (TPSA) is 35.6 Å². The van der Waals surface area contributed by atoms with E-state index in [-0.39, 0.29) is 5.91 Å². The predicted octanol–water partition coefficient (Wildman–Crippen LogP) is 2.21. The standard InChI is InChI=1S/C17H27N3O/c1-13(2)20-9-8-14(12-20)11-18-17(21)15-6-5-7-16(10-15)19(3)4/h5-7,10,13-14H,8-9,11-12H2,1-4H3,(H,18,21)/t14-/m0/s1. The number of carbonyl (C=O) groups is 1. The monoisotopic (exact) mass is 289 g/mol. The summed E-state index contributed by atoms with van der Waals surface area (Å²) in [6.45, 7) is 7.47. The van der Waals surface area contributed by atoms with Gasteiger partial charge in [0.1, 0.15) is 0 Å². The van der Waals surface area contributed by atoms with E-state index < -0.39 is 0 Å². The molecule has 0 radical (unpaired) electrons. The van der Waals surface area contributed by atoms with Gasteiger partial charge in [0, 0.05) is 44.5 Å². The van der Waals surface area contributed by atoms with Crippen molar-refractivity contribution >= 4 is 11.6 Å². The summed E-state index contributed by atoms with van der Waals surface area (Å²) in [5.74, 6) is 0.607. The van der Waals surface area contributed by atoms with Crippen LogP contribution in [0.2, 0.25) is 0 Å². The molecule has 116 valence electrons. The van der Waals surface area contributed by atoms with Crippen LogP contribution in [0.1, 0.15) is 30.6 Å². The van der Waals surface area contributed by atoms with Crippen LogP contribution >= 0.6 is 0 Å². The maximum absolute atomic E-state index is 12.2. The van der Waals surface area contributed by atoms with Crippen LogP contribution in [-0.4, -0.2) is 50.6 Å². The summed E-state index contributed by atoms with van der Waals surface area (Å²) in [6, 6.07) is 8.35. The molecule has 4 nitrogen and oxygen atoms in total. The zero-order valence-electron chi connectivity index (χ0n) is 13.6. The number of likely N-dealkylation sites (tertiary alicyclic amines) is 1. The zero-order chi connectivity index (χ0) is 15.4. The van der Waals surface area contributed by atoms with E-state index in [2.05, 4.69) is 24.1 Å². The minimum Gasteiger partial charge on any atom is -0.378 e. The van der Waals surface area contributed by atoms with Crippen LogP contribution < -0.4 is 10.2 Å². The number of hydrogen-bond acceptors (Lipinski definition) is 3. The lowest BCUT2D eigenvalue weighted by atomic mass is 10.1. The van der Waals surface area contributed by atoms with E-state index in [4.69, 9.17) is 0 Å². The van der Waals surface area contributed by atoms with Crippen LogP contribution in [0.25, 0.3) is 0 Å². The highest BCUT2D eigenvalue weighted by molar-refractivity contribution is 5.95. The van der Waals surface area contributed by atoms with Gasteiger partial charge in [0.25, 0.3) is 5.91 Å². The Kier molecular flexibility index (Phi) is 5.23. The maximum Gasteiger partial charge on any atom is 0.251 e. The molecule has 1 aliphatic heterocycles. The quantitative estimate of drug-likeness (QED) is 0.903. The zero-order valence-corrected chi connectivity index (χ0v) is 13.6. The molecule has 1 saturated heterocycles. The third kappa shape index (κ3) is 4.21. The van der Waals surface area contributed by atoms with Crippen molar-refractivity contribution < 1.29 is 4.79 Å². The van der Waals surface area contributed by atoms with Crippen molar-refractivity contribution in [3.05, 3.63) is 29.8 Å². The number of nitrogens with zero attached hydrogens (tertiary/aromatic N) is 2. The second-order valence-electron chi connectivity index (χ2n) is 6.40. The highest BCUT2D eigenvalue weighted by Crippen LogP contribution is 2.18. The number of carbonyl (C=O) groups excluding carboxylic acids is 1. The van der Waals surface area contributed by atoms with Gasteiger partial charge >= 0.3 is 0 Å². The fraction of sp³-hybridized carbons (Fsp3) is 0.588.